The second kappa shape index (κ2) is 6.91. The van der Waals surface area contributed by atoms with Gasteiger partial charge in [-0.2, -0.15) is 0 Å². The summed E-state index contributed by atoms with van der Waals surface area (Å²) in [5.41, 5.74) is 12.4. The topological polar surface area (TPSA) is 91.2 Å². The molecule has 5 nitrogen and oxygen atoms in total. The summed E-state index contributed by atoms with van der Waals surface area (Å²) in [7, 11) is 0. The van der Waals surface area contributed by atoms with E-state index in [1.54, 1.807) is 18.3 Å². The van der Waals surface area contributed by atoms with Crippen molar-refractivity contribution in [1.82, 2.24) is 4.98 Å². The van der Waals surface area contributed by atoms with Crippen molar-refractivity contribution < 1.29 is 9.53 Å². The molecule has 1 aliphatic heterocycles. The van der Waals surface area contributed by atoms with E-state index in [-0.39, 0.29) is 5.91 Å². The van der Waals surface area contributed by atoms with Crippen LogP contribution in [0.1, 0.15) is 5.56 Å². The van der Waals surface area contributed by atoms with Gasteiger partial charge in [0.1, 0.15) is 0 Å². The van der Waals surface area contributed by atoms with E-state index in [1.807, 2.05) is 30.4 Å². The van der Waals surface area contributed by atoms with Crippen molar-refractivity contribution in [3.63, 3.8) is 0 Å². The molecule has 1 aromatic heterocycles. The number of anilines is 1. The number of hydrogen-bond acceptors (Lipinski definition) is 4. The zero-order chi connectivity index (χ0) is 16.2. The van der Waals surface area contributed by atoms with Crippen LogP contribution in [0.2, 0.25) is 0 Å². The Morgan fingerprint density at radius 3 is 2.65 bits per heavy atom. The SMILES string of the molecule is NC(=O)[C]1=CC=[C](Oc2ccnc(N)c2)[In]1[CH2]c1ccccc1. The van der Waals surface area contributed by atoms with Crippen molar-refractivity contribution in [2.24, 2.45) is 5.73 Å². The number of pyridine rings is 1. The molecular weight excluding hydrogens is 393 g/mol. The van der Waals surface area contributed by atoms with Crippen LogP contribution in [0.4, 0.5) is 5.82 Å². The molecule has 0 unspecified atom stereocenters. The second-order valence-electron chi connectivity index (χ2n) is 5.32. The van der Waals surface area contributed by atoms with Crippen LogP contribution in [0.15, 0.2) is 67.7 Å². The molecule has 1 aromatic carbocycles. The molecule has 0 spiro atoms. The van der Waals surface area contributed by atoms with Gasteiger partial charge in [0.05, 0.1) is 0 Å². The number of ether oxygens (including phenoxy) is 1. The number of aromatic nitrogens is 1. The third-order valence-corrected chi connectivity index (χ3v) is 12.6. The van der Waals surface area contributed by atoms with Gasteiger partial charge in [-0.1, -0.05) is 0 Å². The van der Waals surface area contributed by atoms with Crippen LogP contribution in [0.3, 0.4) is 0 Å². The fourth-order valence-electron chi connectivity index (χ4n) is 2.60. The Balaban J connectivity index is 1.83. The molecule has 0 saturated carbocycles. The maximum atomic E-state index is 11.7. The Bertz CT molecular complexity index is 787. The van der Waals surface area contributed by atoms with Gasteiger partial charge in [0, 0.05) is 0 Å². The number of nitrogens with zero attached hydrogens (tertiary/aromatic N) is 1. The van der Waals surface area contributed by atoms with Crippen molar-refractivity contribution in [2.45, 2.75) is 4.18 Å². The minimum absolute atomic E-state index is 0.342. The molecule has 1 aliphatic rings. The first-order valence-electron chi connectivity index (χ1n) is 7.28. The summed E-state index contributed by atoms with van der Waals surface area (Å²) in [6, 6.07) is 13.5. The van der Waals surface area contributed by atoms with Crippen LogP contribution in [0, 0.1) is 0 Å². The predicted octanol–water partition coefficient (Wildman–Crippen LogP) is 1.71. The first kappa shape index (κ1) is 15.7. The van der Waals surface area contributed by atoms with Crippen LogP contribution in [-0.4, -0.2) is 32.3 Å². The summed E-state index contributed by atoms with van der Waals surface area (Å²) in [4.78, 5) is 15.7. The number of primary amides is 1. The Kier molecular flexibility index (Phi) is 4.71. The molecule has 114 valence electrons. The summed E-state index contributed by atoms with van der Waals surface area (Å²) in [6.07, 6.45) is 5.29. The monoisotopic (exact) mass is 409 g/mol. The van der Waals surface area contributed by atoms with E-state index >= 15 is 0 Å². The molecule has 0 aliphatic carbocycles. The predicted molar refractivity (Wildman–Crippen MR) is 90.5 cm³/mol. The molecule has 3 rings (SSSR count). The van der Waals surface area contributed by atoms with Gasteiger partial charge in [-0.3, -0.25) is 0 Å². The zero-order valence-corrected chi connectivity index (χ0v) is 15.8. The number of nitrogen functional groups attached to an aromatic ring is 1. The Labute approximate surface area is 142 Å². The van der Waals surface area contributed by atoms with Gasteiger partial charge in [0.2, 0.25) is 0 Å². The van der Waals surface area contributed by atoms with E-state index in [2.05, 4.69) is 17.1 Å². The molecule has 1 amide bonds. The molecule has 0 bridgehead atoms. The van der Waals surface area contributed by atoms with Gasteiger partial charge >= 0.3 is 142 Å². The Hall–Kier alpha value is -2.21. The third-order valence-electron chi connectivity index (χ3n) is 3.70. The summed E-state index contributed by atoms with van der Waals surface area (Å²) >= 11 is -2.64. The maximum absolute atomic E-state index is 11.7. The molecule has 0 saturated heterocycles. The van der Waals surface area contributed by atoms with E-state index in [4.69, 9.17) is 16.2 Å². The van der Waals surface area contributed by atoms with Crippen molar-refractivity contribution in [3.05, 3.63) is 73.2 Å². The Morgan fingerprint density at radius 2 is 1.96 bits per heavy atom. The van der Waals surface area contributed by atoms with Crippen LogP contribution in [0.25, 0.3) is 0 Å². The van der Waals surface area contributed by atoms with Crippen molar-refractivity contribution in [1.29, 1.82) is 0 Å². The summed E-state index contributed by atoms with van der Waals surface area (Å²) in [6.45, 7) is 0. The molecule has 2 aromatic rings. The van der Waals surface area contributed by atoms with Crippen molar-refractivity contribution in [2.75, 3.05) is 5.73 Å². The second-order valence-corrected chi connectivity index (χ2v) is 13.0. The van der Waals surface area contributed by atoms with E-state index in [0.29, 0.717) is 11.6 Å². The number of rotatable bonds is 5. The fraction of sp³-hybridized carbons (Fsp3) is 0.0588. The summed E-state index contributed by atoms with van der Waals surface area (Å²) < 4.78 is 8.49. The normalized spacial score (nSPS) is 13.5. The number of allylic oxidation sites excluding steroid dienone is 2. The molecule has 0 atom stereocenters. The van der Waals surface area contributed by atoms with Crippen LogP contribution < -0.4 is 16.2 Å². The molecule has 2 heterocycles. The van der Waals surface area contributed by atoms with Crippen LogP contribution in [-0.2, 0) is 8.97 Å². The van der Waals surface area contributed by atoms with Gasteiger partial charge < -0.3 is 0 Å². The molecule has 4 N–H and O–H groups in total. The van der Waals surface area contributed by atoms with Gasteiger partial charge in [-0.25, -0.2) is 0 Å². The number of carbonyl (C=O) groups is 1. The van der Waals surface area contributed by atoms with Gasteiger partial charge in [0.25, 0.3) is 0 Å². The van der Waals surface area contributed by atoms with Crippen molar-refractivity contribution in [3.8, 4) is 5.75 Å². The van der Waals surface area contributed by atoms with E-state index in [0.717, 1.165) is 11.0 Å². The summed E-state index contributed by atoms with van der Waals surface area (Å²) in [5, 5.41) is 0. The Morgan fingerprint density at radius 1 is 1.17 bits per heavy atom. The molecule has 6 heteroatoms. The van der Waals surface area contributed by atoms with Crippen molar-refractivity contribution >= 4 is 33.2 Å². The van der Waals surface area contributed by atoms with E-state index in [9.17, 15) is 4.79 Å². The van der Waals surface area contributed by atoms with Gasteiger partial charge in [0.15, 0.2) is 0 Å². The first-order valence-corrected chi connectivity index (χ1v) is 12.9. The quantitative estimate of drug-likeness (QED) is 0.787. The molecular formula is C17H16InN3O2. The van der Waals surface area contributed by atoms with E-state index in [1.165, 1.54) is 5.56 Å². The van der Waals surface area contributed by atoms with Gasteiger partial charge in [-0.15, -0.1) is 0 Å². The number of nitrogens with two attached hydrogens (primary N) is 2. The summed E-state index contributed by atoms with van der Waals surface area (Å²) in [5.74, 6) is 0.697. The molecule has 0 radical (unpaired) electrons. The number of amides is 1. The zero-order valence-electron chi connectivity index (χ0n) is 12.5. The standard InChI is InChI=1S/C10H9N3O2.C7H7.In/c11-9-7-8(4-5-13-9)15-6-2-1-3-10(12)14;1-7-5-3-2-4-6-7;/h1-2,4-5,7H,(H2,11,13)(H2,12,14);2-6H,1H2;. The number of benzene rings is 1. The number of hydrogen-bond donors (Lipinski definition) is 2. The van der Waals surface area contributed by atoms with Crippen LogP contribution >= 0.6 is 0 Å². The first-order chi connectivity index (χ1) is 11.1. The van der Waals surface area contributed by atoms with Gasteiger partial charge in [-0.05, 0) is 0 Å². The van der Waals surface area contributed by atoms with Crippen LogP contribution in [0.5, 0.6) is 5.75 Å². The average molecular weight is 409 g/mol. The third kappa shape index (κ3) is 3.76. The van der Waals surface area contributed by atoms with E-state index < -0.39 is 21.4 Å². The fourth-order valence-corrected chi connectivity index (χ4v) is 10.5. The number of carbonyl (C=O) groups excluding carboxylic acids is 1. The molecule has 23 heavy (non-hydrogen) atoms. The minimum atomic E-state index is -2.64. The average Bonchev–Trinajstić information content (AvgIpc) is 2.91. The molecule has 0 fully saturated rings.